The number of Topliss-reactive ketones (excluding diaryl/α,β-unsaturated/α-hetero) is 1. The van der Waals surface area contributed by atoms with E-state index in [4.69, 9.17) is 4.74 Å². The van der Waals surface area contributed by atoms with Crippen LogP contribution >= 0.6 is 0 Å². The van der Waals surface area contributed by atoms with Gasteiger partial charge in [0.05, 0.1) is 41.1 Å². The molecule has 0 spiro atoms. The van der Waals surface area contributed by atoms with E-state index < -0.39 is 15.3 Å². The van der Waals surface area contributed by atoms with Crippen LogP contribution in [-0.2, 0) is 32.2 Å². The van der Waals surface area contributed by atoms with Crippen molar-refractivity contribution in [2.24, 2.45) is 0 Å². The molecule has 3 heterocycles. The zero-order valence-electron chi connectivity index (χ0n) is 19.4. The first kappa shape index (κ1) is 23.9. The molecule has 4 rings (SSSR count). The first-order valence-corrected chi connectivity index (χ1v) is 12.9. The summed E-state index contributed by atoms with van der Waals surface area (Å²) in [5.41, 5.74) is 1.54. The van der Waals surface area contributed by atoms with Gasteiger partial charge in [-0.2, -0.15) is 0 Å². The standard InChI is InChI=1S/C24H27N5O4S/c1-4-33-23-14-25-13-19(28-23)18-8-5-16(12-27-18)11-21(30)24(2,3)20-9-10-26-22(29-20)15-34(31,32)17-6-7-17/h5,8-10,12-14,17H,4,6-7,11,15H2,1-3H3. The van der Waals surface area contributed by atoms with E-state index in [1.54, 1.807) is 44.6 Å². The highest BCUT2D eigenvalue weighted by Gasteiger charge is 2.37. The summed E-state index contributed by atoms with van der Waals surface area (Å²) in [5, 5.41) is -0.280. The third-order valence-corrected chi connectivity index (χ3v) is 7.91. The molecule has 178 valence electrons. The van der Waals surface area contributed by atoms with E-state index in [1.165, 1.54) is 6.20 Å². The highest BCUT2D eigenvalue weighted by molar-refractivity contribution is 7.91. The molecule has 0 aromatic carbocycles. The lowest BCUT2D eigenvalue weighted by atomic mass is 9.81. The molecule has 0 amide bonds. The fraction of sp³-hybridized carbons (Fsp3) is 0.417. The predicted octanol–water partition coefficient (Wildman–Crippen LogP) is 2.89. The molecule has 1 aliphatic carbocycles. The van der Waals surface area contributed by atoms with Gasteiger partial charge in [0, 0.05) is 18.8 Å². The van der Waals surface area contributed by atoms with Crippen molar-refractivity contribution in [3.63, 3.8) is 0 Å². The van der Waals surface area contributed by atoms with Crippen LogP contribution < -0.4 is 4.74 Å². The van der Waals surface area contributed by atoms with Gasteiger partial charge in [0.15, 0.2) is 9.84 Å². The van der Waals surface area contributed by atoms with Gasteiger partial charge in [0.1, 0.15) is 23.1 Å². The number of carbonyl (C=O) groups excluding carboxylic acids is 1. The van der Waals surface area contributed by atoms with Gasteiger partial charge >= 0.3 is 0 Å². The fourth-order valence-corrected chi connectivity index (χ4v) is 5.05. The van der Waals surface area contributed by atoms with E-state index in [9.17, 15) is 13.2 Å². The smallest absolute Gasteiger partial charge is 0.232 e. The molecule has 1 fully saturated rings. The maximum Gasteiger partial charge on any atom is 0.232 e. The maximum atomic E-state index is 13.2. The quantitative estimate of drug-likeness (QED) is 0.430. The molecule has 0 atom stereocenters. The molecule has 0 radical (unpaired) electrons. The molecule has 3 aromatic heterocycles. The summed E-state index contributed by atoms with van der Waals surface area (Å²) in [5.74, 6) is 0.396. The molecule has 1 saturated carbocycles. The molecule has 3 aromatic rings. The third kappa shape index (κ3) is 5.44. The number of carbonyl (C=O) groups is 1. The summed E-state index contributed by atoms with van der Waals surface area (Å²) in [7, 11) is -3.24. The molecular weight excluding hydrogens is 454 g/mol. The lowest BCUT2D eigenvalue weighted by Crippen LogP contribution is -2.32. The summed E-state index contributed by atoms with van der Waals surface area (Å²) in [4.78, 5) is 34.7. The van der Waals surface area contributed by atoms with Crippen LogP contribution in [0.2, 0.25) is 0 Å². The summed E-state index contributed by atoms with van der Waals surface area (Å²) < 4.78 is 30.0. The van der Waals surface area contributed by atoms with Gasteiger partial charge in [0.25, 0.3) is 0 Å². The van der Waals surface area contributed by atoms with Gasteiger partial charge in [-0.15, -0.1) is 0 Å². The number of ketones is 1. The average Bonchev–Trinajstić information content (AvgIpc) is 3.66. The minimum atomic E-state index is -3.24. The Balaban J connectivity index is 1.46. The van der Waals surface area contributed by atoms with Gasteiger partial charge in [-0.3, -0.25) is 14.8 Å². The van der Waals surface area contributed by atoms with Crippen molar-refractivity contribution >= 4 is 15.6 Å². The highest BCUT2D eigenvalue weighted by Crippen LogP contribution is 2.31. The molecule has 34 heavy (non-hydrogen) atoms. The van der Waals surface area contributed by atoms with Crippen LogP contribution in [0.4, 0.5) is 0 Å². The fourth-order valence-electron chi connectivity index (χ4n) is 3.46. The summed E-state index contributed by atoms with van der Waals surface area (Å²) in [6.07, 6.45) is 7.86. The Kier molecular flexibility index (Phi) is 6.70. The van der Waals surface area contributed by atoms with E-state index in [0.717, 1.165) is 5.56 Å². The van der Waals surface area contributed by atoms with E-state index in [0.29, 0.717) is 42.4 Å². The number of pyridine rings is 1. The largest absolute Gasteiger partial charge is 0.477 e. The van der Waals surface area contributed by atoms with Crippen molar-refractivity contribution in [1.29, 1.82) is 0 Å². The number of hydrogen-bond donors (Lipinski definition) is 0. The van der Waals surface area contributed by atoms with Crippen LogP contribution in [0.25, 0.3) is 11.4 Å². The van der Waals surface area contributed by atoms with Crippen molar-refractivity contribution in [2.45, 2.75) is 56.5 Å². The summed E-state index contributed by atoms with van der Waals surface area (Å²) >= 11 is 0. The third-order valence-electron chi connectivity index (χ3n) is 5.76. The SMILES string of the molecule is CCOc1cncc(-c2ccc(CC(=O)C(C)(C)c3ccnc(CS(=O)(=O)C4CC4)n3)cn2)n1. The lowest BCUT2D eigenvalue weighted by Gasteiger charge is -2.23. The predicted molar refractivity (Wildman–Crippen MR) is 126 cm³/mol. The van der Waals surface area contributed by atoms with Crippen LogP contribution in [0.1, 0.15) is 50.7 Å². The van der Waals surface area contributed by atoms with Crippen LogP contribution in [0, 0.1) is 0 Å². The second-order valence-corrected chi connectivity index (χ2v) is 11.1. The summed E-state index contributed by atoms with van der Waals surface area (Å²) in [6, 6.07) is 5.29. The Morgan fingerprint density at radius 2 is 1.85 bits per heavy atom. The number of nitrogens with zero attached hydrogens (tertiary/aromatic N) is 5. The minimum Gasteiger partial charge on any atom is -0.477 e. The Labute approximate surface area is 199 Å². The Hall–Kier alpha value is -3.27. The van der Waals surface area contributed by atoms with Crippen LogP contribution in [0.3, 0.4) is 0 Å². The molecule has 0 aliphatic heterocycles. The molecule has 0 unspecified atom stereocenters. The van der Waals surface area contributed by atoms with Gasteiger partial charge in [0.2, 0.25) is 5.88 Å². The molecule has 1 aliphatic rings. The van der Waals surface area contributed by atoms with Gasteiger partial charge in [-0.25, -0.2) is 23.4 Å². The van der Waals surface area contributed by atoms with Crippen molar-refractivity contribution < 1.29 is 17.9 Å². The Bertz CT molecular complexity index is 1290. The number of ether oxygens (including phenoxy) is 1. The molecule has 0 N–H and O–H groups in total. The van der Waals surface area contributed by atoms with Crippen molar-refractivity contribution in [3.8, 4) is 17.3 Å². The minimum absolute atomic E-state index is 0.0603. The number of rotatable bonds is 10. The summed E-state index contributed by atoms with van der Waals surface area (Å²) in [6.45, 7) is 5.94. The number of sulfone groups is 1. The first-order chi connectivity index (χ1) is 16.2. The topological polar surface area (TPSA) is 125 Å². The zero-order chi connectivity index (χ0) is 24.3. The molecule has 9 nitrogen and oxygen atoms in total. The monoisotopic (exact) mass is 481 g/mol. The second kappa shape index (κ2) is 9.54. The molecule has 0 bridgehead atoms. The zero-order valence-corrected chi connectivity index (χ0v) is 20.2. The molecule has 0 saturated heterocycles. The van der Waals surface area contributed by atoms with Crippen molar-refractivity contribution in [1.82, 2.24) is 24.9 Å². The number of hydrogen-bond acceptors (Lipinski definition) is 9. The van der Waals surface area contributed by atoms with E-state index in [1.807, 2.05) is 13.0 Å². The van der Waals surface area contributed by atoms with E-state index in [-0.39, 0.29) is 29.0 Å². The van der Waals surface area contributed by atoms with Crippen LogP contribution in [0.15, 0.2) is 43.0 Å². The van der Waals surface area contributed by atoms with Crippen molar-refractivity contribution in [3.05, 3.63) is 60.1 Å². The van der Waals surface area contributed by atoms with E-state index in [2.05, 4.69) is 24.9 Å². The number of aromatic nitrogens is 5. The molecular formula is C24H27N5O4S. The first-order valence-electron chi connectivity index (χ1n) is 11.2. The second-order valence-electron chi connectivity index (χ2n) is 8.82. The molecule has 10 heteroatoms. The van der Waals surface area contributed by atoms with Gasteiger partial charge < -0.3 is 4.74 Å². The van der Waals surface area contributed by atoms with Crippen LogP contribution in [0.5, 0.6) is 5.88 Å². The highest BCUT2D eigenvalue weighted by atomic mass is 32.2. The van der Waals surface area contributed by atoms with Crippen LogP contribution in [-0.4, -0.2) is 51.0 Å². The Morgan fingerprint density at radius 1 is 1.06 bits per heavy atom. The maximum absolute atomic E-state index is 13.2. The van der Waals surface area contributed by atoms with Gasteiger partial charge in [-0.1, -0.05) is 6.07 Å². The lowest BCUT2D eigenvalue weighted by molar-refractivity contribution is -0.123. The van der Waals surface area contributed by atoms with Gasteiger partial charge in [-0.05, 0) is 51.3 Å². The average molecular weight is 482 g/mol. The Morgan fingerprint density at radius 3 is 2.53 bits per heavy atom. The normalized spacial score (nSPS) is 14.1. The van der Waals surface area contributed by atoms with E-state index >= 15 is 0 Å². The van der Waals surface area contributed by atoms with Crippen molar-refractivity contribution in [2.75, 3.05) is 6.61 Å².